The molecule has 15 heteroatoms. The van der Waals surface area contributed by atoms with Gasteiger partial charge >= 0.3 is 25.7 Å². The van der Waals surface area contributed by atoms with Gasteiger partial charge < -0.3 is 18.9 Å². The lowest BCUT2D eigenvalue weighted by molar-refractivity contribution is -0.166. The van der Waals surface area contributed by atoms with Gasteiger partial charge in [-0.15, -0.1) is 0 Å². The van der Waals surface area contributed by atoms with Gasteiger partial charge in [-0.2, -0.15) is 20.3 Å². The zero-order valence-corrected chi connectivity index (χ0v) is 19.3. The molecule has 0 spiro atoms. The van der Waals surface area contributed by atoms with E-state index in [1.807, 2.05) is 12.1 Å². The van der Waals surface area contributed by atoms with E-state index in [9.17, 15) is 14.2 Å². The van der Waals surface area contributed by atoms with Gasteiger partial charge in [0.1, 0.15) is 12.7 Å². The number of hydrogen-bond acceptors (Lipinski definition) is 12. The molecule has 2 aliphatic rings. The highest BCUT2D eigenvalue weighted by Crippen LogP contribution is 2.49. The van der Waals surface area contributed by atoms with Crippen molar-refractivity contribution in [1.82, 2.24) is 9.55 Å². The Balaban J connectivity index is 1.93. The van der Waals surface area contributed by atoms with Crippen LogP contribution in [0.5, 0.6) is 6.01 Å². The topological polar surface area (TPSA) is 184 Å². The highest BCUT2D eigenvalue weighted by molar-refractivity contribution is 7.52. The number of carbonyl (C=O) groups excluding carboxylic acids is 2. The second kappa shape index (κ2) is 11.2. The predicted octanol–water partition coefficient (Wildman–Crippen LogP) is 0.906. The van der Waals surface area contributed by atoms with Gasteiger partial charge in [0.05, 0.1) is 38.2 Å². The third kappa shape index (κ3) is 6.18. The number of aromatic nitrogens is 2. The number of rotatable bonds is 9. The van der Waals surface area contributed by atoms with Crippen molar-refractivity contribution in [2.75, 3.05) is 19.8 Å². The molecule has 34 heavy (non-hydrogen) atoms. The van der Waals surface area contributed by atoms with Gasteiger partial charge in [0.25, 0.3) is 0 Å². The molecule has 0 aromatic carbocycles. The normalized spacial score (nSPS) is 23.6. The number of fused-ring (bicyclic) bond motifs is 4. The predicted molar refractivity (Wildman–Crippen MR) is 108 cm³/mol. The molecule has 0 aliphatic carbocycles. The van der Waals surface area contributed by atoms with Crippen LogP contribution in [0.2, 0.25) is 0 Å². The Morgan fingerprint density at radius 2 is 1.79 bits per heavy atom. The van der Waals surface area contributed by atoms with Crippen LogP contribution in [0.15, 0.2) is 17.0 Å². The largest absolute Gasteiger partial charge is 0.462 e. The van der Waals surface area contributed by atoms with Gasteiger partial charge in [0.15, 0.2) is 23.9 Å². The van der Waals surface area contributed by atoms with E-state index in [0.717, 1.165) is 0 Å². The summed E-state index contributed by atoms with van der Waals surface area (Å²) >= 11 is 0. The van der Waals surface area contributed by atoms with Crippen molar-refractivity contribution in [2.45, 2.75) is 51.2 Å². The maximum atomic E-state index is 13.0. The number of nitriles is 2. The maximum absolute atomic E-state index is 13.0. The monoisotopic (exact) mass is 495 g/mol. The van der Waals surface area contributed by atoms with E-state index in [1.165, 1.54) is 30.7 Å². The smallest absolute Gasteiger partial charge is 0.455 e. The van der Waals surface area contributed by atoms with Gasteiger partial charge in [0.2, 0.25) is 0 Å². The molecular formula is C19H22N5O9P. The van der Waals surface area contributed by atoms with E-state index in [0.29, 0.717) is 0 Å². The number of nitrogens with zero attached hydrogens (tertiary/aromatic N) is 5. The zero-order valence-electron chi connectivity index (χ0n) is 18.4. The molecule has 2 bridgehead atoms. The minimum Gasteiger partial charge on any atom is -0.462 e. The molecule has 1 fully saturated rings. The summed E-state index contributed by atoms with van der Waals surface area (Å²) in [5.74, 6) is -1.16. The van der Waals surface area contributed by atoms with E-state index < -0.39 is 44.2 Å². The number of ether oxygens (including phenoxy) is 4. The van der Waals surface area contributed by atoms with Crippen LogP contribution in [-0.2, 0) is 37.4 Å². The fraction of sp³-hybridized carbons (Fsp3) is 0.579. The lowest BCUT2D eigenvalue weighted by Gasteiger charge is -2.27. The van der Waals surface area contributed by atoms with Crippen LogP contribution in [0.3, 0.4) is 0 Å². The van der Waals surface area contributed by atoms with E-state index >= 15 is 0 Å². The molecule has 2 aliphatic heterocycles. The molecule has 0 saturated carbocycles. The lowest BCUT2D eigenvalue weighted by atomic mass is 10.1. The summed E-state index contributed by atoms with van der Waals surface area (Å²) in [6.45, 7) is 1.98. The third-order valence-corrected chi connectivity index (χ3v) is 5.98. The molecule has 3 heterocycles. The van der Waals surface area contributed by atoms with Gasteiger partial charge in [0, 0.05) is 20.0 Å². The minimum absolute atomic E-state index is 0.00720. The van der Waals surface area contributed by atoms with E-state index in [2.05, 4.69) is 9.75 Å². The summed E-state index contributed by atoms with van der Waals surface area (Å²) in [5, 5.41) is 17.4. The minimum atomic E-state index is -4.08. The average molecular weight is 495 g/mol. The van der Waals surface area contributed by atoms with Crippen LogP contribution in [0.4, 0.5) is 0 Å². The van der Waals surface area contributed by atoms with Crippen molar-refractivity contribution in [3.8, 4) is 18.1 Å². The van der Waals surface area contributed by atoms with Crippen LogP contribution in [0, 0.1) is 22.7 Å². The Kier molecular flexibility index (Phi) is 8.36. The van der Waals surface area contributed by atoms with Gasteiger partial charge in [-0.3, -0.25) is 23.2 Å². The highest BCUT2D eigenvalue weighted by atomic mass is 31.2. The molecule has 182 valence electrons. The molecule has 14 nitrogen and oxygen atoms in total. The quantitative estimate of drug-likeness (QED) is 0.268. The molecule has 1 aromatic rings. The summed E-state index contributed by atoms with van der Waals surface area (Å²) in [6.07, 6.45) is -2.14. The second-order valence-corrected chi connectivity index (χ2v) is 8.70. The number of carbonyl (C=O) groups is 2. The Morgan fingerprint density at radius 3 is 2.38 bits per heavy atom. The first-order valence-electron chi connectivity index (χ1n) is 10.2. The van der Waals surface area contributed by atoms with Crippen LogP contribution in [-0.4, -0.2) is 59.6 Å². The van der Waals surface area contributed by atoms with E-state index in [-0.39, 0.29) is 44.2 Å². The SMILES string of the molecule is CC(=O)O[C@@H]1[C@H](OC(C)=O)[C@H]2COc3n/c(=N\P(=O)(OCCC#N)OCCC#N)ccn3[C@@H]1O2. The van der Waals surface area contributed by atoms with Gasteiger partial charge in [-0.25, -0.2) is 4.57 Å². The summed E-state index contributed by atoms with van der Waals surface area (Å²) in [6, 6.07) is 5.08. The fourth-order valence-corrected chi connectivity index (χ4v) is 4.46. The lowest BCUT2D eigenvalue weighted by Crippen LogP contribution is -2.42. The molecule has 0 amide bonds. The molecule has 3 rings (SSSR count). The molecule has 1 aromatic heterocycles. The van der Waals surface area contributed by atoms with Crippen molar-refractivity contribution in [3.05, 3.63) is 17.8 Å². The molecule has 1 saturated heterocycles. The Bertz CT molecular complexity index is 1100. The molecular weight excluding hydrogens is 473 g/mol. The van der Waals surface area contributed by atoms with Crippen LogP contribution < -0.4 is 10.2 Å². The summed E-state index contributed by atoms with van der Waals surface area (Å²) in [7, 11) is -4.08. The summed E-state index contributed by atoms with van der Waals surface area (Å²) < 4.78 is 50.9. The fourth-order valence-electron chi connectivity index (χ4n) is 3.27. The van der Waals surface area contributed by atoms with Crippen LogP contribution in [0.25, 0.3) is 0 Å². The van der Waals surface area contributed by atoms with Crippen molar-refractivity contribution < 1.29 is 42.1 Å². The van der Waals surface area contributed by atoms with Crippen molar-refractivity contribution in [1.29, 1.82) is 10.5 Å². The molecule has 0 unspecified atom stereocenters. The summed E-state index contributed by atoms with van der Waals surface area (Å²) in [5.41, 5.74) is -0.0677. The number of esters is 2. The van der Waals surface area contributed by atoms with E-state index in [1.54, 1.807) is 0 Å². The van der Waals surface area contributed by atoms with Gasteiger partial charge in [-0.05, 0) is 6.07 Å². The Labute approximate surface area is 194 Å². The molecule has 0 N–H and O–H groups in total. The number of hydrogen-bond donors (Lipinski definition) is 0. The third-order valence-electron chi connectivity index (χ3n) is 4.52. The van der Waals surface area contributed by atoms with Crippen molar-refractivity contribution in [2.24, 2.45) is 4.76 Å². The zero-order chi connectivity index (χ0) is 24.7. The average Bonchev–Trinajstić information content (AvgIpc) is 2.96. The first kappa shape index (κ1) is 25.3. The van der Waals surface area contributed by atoms with Crippen molar-refractivity contribution in [3.63, 3.8) is 0 Å². The summed E-state index contributed by atoms with van der Waals surface area (Å²) in [4.78, 5) is 27.4. The first-order valence-corrected chi connectivity index (χ1v) is 11.7. The van der Waals surface area contributed by atoms with Crippen molar-refractivity contribution >= 4 is 19.7 Å². The standard InChI is InChI=1S/C19H22N5O9P/c1-12(25)31-16-14-11-28-19-22-15(5-8-24(19)18(33-14)17(16)32-13(2)26)23-34(27,29-9-3-6-20)30-10-4-7-21/h5,8,14,16-18H,3-4,9-11H2,1-2H3/b23-15-/t14-,16-,17-,18-/m1/s1. The first-order chi connectivity index (χ1) is 16.3. The Morgan fingerprint density at radius 1 is 1.18 bits per heavy atom. The van der Waals surface area contributed by atoms with E-state index in [4.69, 9.17) is 38.5 Å². The van der Waals surface area contributed by atoms with Crippen LogP contribution in [0.1, 0.15) is 32.9 Å². The highest BCUT2D eigenvalue weighted by Gasteiger charge is 2.52. The molecule has 4 atom stereocenters. The van der Waals surface area contributed by atoms with Gasteiger partial charge in [-0.1, -0.05) is 0 Å². The second-order valence-electron chi connectivity index (χ2n) is 7.05. The van der Waals surface area contributed by atoms with Crippen LogP contribution >= 0.6 is 7.75 Å². The molecule has 0 radical (unpaired) electrons. The Hall–Kier alpha value is -3.29. The maximum Gasteiger partial charge on any atom is 0.455 e.